The highest BCUT2D eigenvalue weighted by Gasteiger charge is 2.38. The second-order valence-electron chi connectivity index (χ2n) is 10.4. The van der Waals surface area contributed by atoms with Crippen molar-refractivity contribution in [3.05, 3.63) is 69.9 Å². The first kappa shape index (κ1) is 33.5. The first-order chi connectivity index (χ1) is 21.2. The molecule has 4 rings (SSSR count). The summed E-state index contributed by atoms with van der Waals surface area (Å²) in [6.45, 7) is 1.66. The molecule has 17 heteroatoms. The molecule has 0 spiro atoms. The van der Waals surface area contributed by atoms with E-state index in [9.17, 15) is 35.9 Å². The van der Waals surface area contributed by atoms with Gasteiger partial charge in [-0.2, -0.15) is 31.4 Å². The molecular weight excluding hydrogens is 612 g/mol. The summed E-state index contributed by atoms with van der Waals surface area (Å²) in [6, 6.07) is 5.53. The molecule has 3 heterocycles. The lowest BCUT2D eigenvalue weighted by molar-refractivity contribution is -0.139. The number of methoxy groups -OCH3 is 1. The Morgan fingerprint density at radius 3 is 2.24 bits per heavy atom. The van der Waals surface area contributed by atoms with Gasteiger partial charge in [-0.05, 0) is 37.5 Å². The average molecular weight is 644 g/mol. The summed E-state index contributed by atoms with van der Waals surface area (Å²) < 4.78 is 91.1. The van der Waals surface area contributed by atoms with Gasteiger partial charge < -0.3 is 25.0 Å². The smallest absolute Gasteiger partial charge is 0.423 e. The zero-order valence-electron chi connectivity index (χ0n) is 24.3. The topological polar surface area (TPSA) is 124 Å². The van der Waals surface area contributed by atoms with Crippen LogP contribution in [-0.4, -0.2) is 71.2 Å². The molecule has 2 N–H and O–H groups in total. The van der Waals surface area contributed by atoms with Crippen molar-refractivity contribution in [1.82, 2.24) is 25.1 Å². The summed E-state index contributed by atoms with van der Waals surface area (Å²) in [7, 11) is 1.48. The number of hydrogen-bond acceptors (Lipinski definition) is 9. The normalized spacial score (nSPS) is 15.1. The Morgan fingerprint density at radius 1 is 1.02 bits per heavy atom. The van der Waals surface area contributed by atoms with Crippen molar-refractivity contribution in [2.45, 2.75) is 50.7 Å². The molecule has 2 aromatic heterocycles. The van der Waals surface area contributed by atoms with E-state index in [0.29, 0.717) is 37.2 Å². The molecule has 11 nitrogen and oxygen atoms in total. The van der Waals surface area contributed by atoms with Gasteiger partial charge in [0.1, 0.15) is 17.9 Å². The monoisotopic (exact) mass is 643 g/mol. The van der Waals surface area contributed by atoms with E-state index in [0.717, 1.165) is 23.3 Å². The van der Waals surface area contributed by atoms with Gasteiger partial charge in [-0.15, -0.1) is 0 Å². The number of amides is 1. The predicted molar refractivity (Wildman–Crippen MR) is 150 cm³/mol. The number of piperidine rings is 1. The molecule has 1 amide bonds. The minimum Gasteiger partial charge on any atom is -0.497 e. The fraction of sp³-hybridized carbons (Fsp3) is 0.464. The quantitative estimate of drug-likeness (QED) is 0.301. The number of benzene rings is 1. The number of anilines is 2. The first-order valence-electron chi connectivity index (χ1n) is 13.8. The van der Waals surface area contributed by atoms with E-state index in [2.05, 4.69) is 25.7 Å². The minimum absolute atomic E-state index is 0.149. The maximum absolute atomic E-state index is 13.9. The number of hydrogen-bond donors (Lipinski definition) is 2. The van der Waals surface area contributed by atoms with E-state index in [1.54, 1.807) is 29.2 Å². The summed E-state index contributed by atoms with van der Waals surface area (Å²) >= 11 is 0. The van der Waals surface area contributed by atoms with Crippen LogP contribution in [0.1, 0.15) is 36.5 Å². The van der Waals surface area contributed by atoms with Crippen molar-refractivity contribution in [1.29, 1.82) is 0 Å². The molecule has 0 aliphatic carbocycles. The molecule has 1 saturated heterocycles. The maximum Gasteiger partial charge on any atom is 0.423 e. The number of nitrogens with one attached hydrogen (secondary N) is 2. The first-order valence-corrected chi connectivity index (χ1v) is 13.8. The molecule has 0 bridgehead atoms. The van der Waals surface area contributed by atoms with Crippen molar-refractivity contribution < 1.29 is 40.6 Å². The lowest BCUT2D eigenvalue weighted by Gasteiger charge is -2.32. The molecule has 1 fully saturated rings. The van der Waals surface area contributed by atoms with Crippen LogP contribution in [0.2, 0.25) is 0 Å². The summed E-state index contributed by atoms with van der Waals surface area (Å²) in [5.41, 5.74) is -3.61. The van der Waals surface area contributed by atoms with Crippen LogP contribution in [0.15, 0.2) is 47.7 Å². The van der Waals surface area contributed by atoms with Crippen LogP contribution in [0.25, 0.3) is 0 Å². The predicted octanol–water partition coefficient (Wildman–Crippen LogP) is 3.73. The molecule has 3 aromatic rings. The summed E-state index contributed by atoms with van der Waals surface area (Å²) in [6.07, 6.45) is -6.13. The van der Waals surface area contributed by atoms with Gasteiger partial charge in [0.05, 0.1) is 37.7 Å². The number of alkyl halides is 6. The Bertz CT molecular complexity index is 1490. The number of nitrogens with zero attached hydrogens (tertiary/aromatic N) is 5. The van der Waals surface area contributed by atoms with E-state index < -0.39 is 46.7 Å². The Hall–Kier alpha value is -4.41. The van der Waals surface area contributed by atoms with Crippen molar-refractivity contribution >= 4 is 17.5 Å². The van der Waals surface area contributed by atoms with Crippen LogP contribution in [0.4, 0.5) is 38.0 Å². The molecule has 45 heavy (non-hydrogen) atoms. The molecule has 1 aliphatic rings. The lowest BCUT2D eigenvalue weighted by Crippen LogP contribution is -2.46. The Labute approximate surface area is 253 Å². The highest BCUT2D eigenvalue weighted by atomic mass is 19.4. The van der Waals surface area contributed by atoms with Gasteiger partial charge in [-0.25, -0.2) is 14.6 Å². The van der Waals surface area contributed by atoms with Gasteiger partial charge in [-0.3, -0.25) is 9.59 Å². The molecule has 1 atom stereocenters. The third kappa shape index (κ3) is 9.06. The molecular formula is C28H31F6N7O4. The van der Waals surface area contributed by atoms with E-state index in [-0.39, 0.29) is 31.7 Å². The van der Waals surface area contributed by atoms with Crippen LogP contribution in [-0.2, 0) is 28.4 Å². The third-order valence-corrected chi connectivity index (χ3v) is 6.93. The summed E-state index contributed by atoms with van der Waals surface area (Å²) in [5.74, 6) is 0.278. The molecule has 1 aliphatic heterocycles. The zero-order valence-corrected chi connectivity index (χ0v) is 24.3. The van der Waals surface area contributed by atoms with Crippen LogP contribution < -0.4 is 25.8 Å². The van der Waals surface area contributed by atoms with E-state index >= 15 is 0 Å². The Kier molecular flexibility index (Phi) is 10.5. The van der Waals surface area contributed by atoms with Gasteiger partial charge >= 0.3 is 12.4 Å². The van der Waals surface area contributed by atoms with Gasteiger partial charge in [-0.1, -0.05) is 12.1 Å². The van der Waals surface area contributed by atoms with Crippen LogP contribution in [0, 0.1) is 0 Å². The zero-order chi connectivity index (χ0) is 32.8. The van der Waals surface area contributed by atoms with Crippen LogP contribution in [0.3, 0.4) is 0 Å². The Morgan fingerprint density at radius 2 is 1.67 bits per heavy atom. The fourth-order valence-electron chi connectivity index (χ4n) is 4.65. The van der Waals surface area contributed by atoms with Gasteiger partial charge in [0.15, 0.2) is 0 Å². The number of carbonyl (C=O) groups is 1. The number of carbonyl (C=O) groups excluding carboxylic acids is 1. The van der Waals surface area contributed by atoms with Crippen molar-refractivity contribution in [3.8, 4) is 5.75 Å². The summed E-state index contributed by atoms with van der Waals surface area (Å²) in [5, 5.41) is 9.31. The maximum atomic E-state index is 13.9. The van der Waals surface area contributed by atoms with E-state index in [1.165, 1.54) is 14.0 Å². The number of rotatable bonds is 11. The third-order valence-electron chi connectivity index (χ3n) is 6.93. The van der Waals surface area contributed by atoms with E-state index in [4.69, 9.17) is 9.47 Å². The molecule has 0 unspecified atom stereocenters. The van der Waals surface area contributed by atoms with Crippen molar-refractivity contribution in [2.75, 3.05) is 43.6 Å². The molecule has 0 radical (unpaired) electrons. The molecule has 1 aromatic carbocycles. The van der Waals surface area contributed by atoms with Gasteiger partial charge in [0, 0.05) is 37.6 Å². The van der Waals surface area contributed by atoms with Gasteiger partial charge in [0.25, 0.3) is 5.56 Å². The number of aromatic nitrogens is 4. The average Bonchev–Trinajstić information content (AvgIpc) is 2.98. The summed E-state index contributed by atoms with van der Waals surface area (Å²) in [4.78, 5) is 34.4. The number of ether oxygens (including phenoxy) is 2. The largest absolute Gasteiger partial charge is 0.497 e. The highest BCUT2D eigenvalue weighted by Crippen LogP contribution is 2.32. The second-order valence-corrected chi connectivity index (χ2v) is 10.4. The molecule has 244 valence electrons. The minimum atomic E-state index is -4.96. The van der Waals surface area contributed by atoms with Crippen LogP contribution in [0.5, 0.6) is 5.75 Å². The SMILES string of the molecule is COc1ccc(Cn2ncc(N[C@@H](C)COCC(=O)NC3CCN(c4ncc(C(F)(F)F)cn4)CC3)c(C(F)(F)F)c2=O)cc1. The van der Waals surface area contributed by atoms with Crippen molar-refractivity contribution in [2.24, 2.45) is 0 Å². The second kappa shape index (κ2) is 14.1. The van der Waals surface area contributed by atoms with Gasteiger partial charge in [0.2, 0.25) is 11.9 Å². The van der Waals surface area contributed by atoms with Crippen molar-refractivity contribution in [3.63, 3.8) is 0 Å². The van der Waals surface area contributed by atoms with E-state index in [1.807, 2.05) is 0 Å². The fourth-order valence-corrected chi connectivity index (χ4v) is 4.65. The molecule has 0 saturated carbocycles. The standard InChI is InChI=1S/C28H31F6N7O4/c1-17(38-22-13-37-41(25(43)24(22)28(32,33)34)14-18-3-5-21(44-2)6-4-18)15-45-16-23(42)39-20-7-9-40(10-8-20)26-35-11-19(12-36-26)27(29,30)31/h3-6,11-13,17,20,38H,7-10,14-16H2,1-2H3,(H,39,42)/t17-/m0/s1. The van der Waals surface area contributed by atoms with Crippen LogP contribution >= 0.6 is 0 Å². The lowest BCUT2D eigenvalue weighted by atomic mass is 10.1. The highest BCUT2D eigenvalue weighted by molar-refractivity contribution is 5.77. The number of halogens is 6. The Balaban J connectivity index is 1.25.